The largest absolute Gasteiger partial charge is 0.361 e. The van der Waals surface area contributed by atoms with Gasteiger partial charge in [0, 0.05) is 41.0 Å². The number of hydrogen-bond donors (Lipinski definition) is 2. The van der Waals surface area contributed by atoms with Gasteiger partial charge in [-0.25, -0.2) is 0 Å². The molecule has 0 aliphatic heterocycles. The van der Waals surface area contributed by atoms with Gasteiger partial charge in [0.15, 0.2) is 0 Å². The van der Waals surface area contributed by atoms with Gasteiger partial charge in [0.25, 0.3) is 5.91 Å². The Morgan fingerprint density at radius 2 is 2.00 bits per heavy atom. The third-order valence-corrected chi connectivity index (χ3v) is 3.72. The smallest absolute Gasteiger partial charge is 0.251 e. The van der Waals surface area contributed by atoms with E-state index in [1.807, 2.05) is 42.6 Å². The van der Waals surface area contributed by atoms with E-state index in [4.69, 9.17) is 0 Å². The molecule has 2 heterocycles. The van der Waals surface area contributed by atoms with Crippen molar-refractivity contribution in [1.82, 2.24) is 15.3 Å². The van der Waals surface area contributed by atoms with E-state index >= 15 is 0 Å². The molecule has 22 heavy (non-hydrogen) atoms. The molecule has 0 aliphatic rings. The molecule has 0 fully saturated rings. The number of hydrogen-bond acceptors (Lipinski definition) is 2. The Balaban J connectivity index is 1.82. The molecule has 112 valence electrons. The number of nitrogens with one attached hydrogen (secondary N) is 2. The minimum atomic E-state index is -0.0205. The van der Waals surface area contributed by atoms with Crippen LogP contribution < -0.4 is 5.32 Å². The molecular formula is C18H19N3O. The lowest BCUT2D eigenvalue weighted by molar-refractivity contribution is 0.0953. The van der Waals surface area contributed by atoms with E-state index in [1.54, 1.807) is 6.20 Å². The Morgan fingerprint density at radius 3 is 2.77 bits per heavy atom. The number of pyridine rings is 1. The number of carbonyl (C=O) groups excluding carboxylic acids is 1. The van der Waals surface area contributed by atoms with Crippen LogP contribution in [-0.2, 0) is 0 Å². The van der Waals surface area contributed by atoms with Gasteiger partial charge in [-0.2, -0.15) is 0 Å². The molecule has 2 aromatic heterocycles. The highest BCUT2D eigenvalue weighted by molar-refractivity contribution is 5.96. The molecule has 0 spiro atoms. The number of aromatic nitrogens is 2. The minimum Gasteiger partial charge on any atom is -0.361 e. The van der Waals surface area contributed by atoms with Crippen molar-refractivity contribution in [2.24, 2.45) is 0 Å². The van der Waals surface area contributed by atoms with Gasteiger partial charge in [-0.1, -0.05) is 25.5 Å². The fraction of sp³-hybridized carbons (Fsp3) is 0.222. The first-order valence-corrected chi connectivity index (χ1v) is 7.60. The lowest BCUT2D eigenvalue weighted by Gasteiger charge is -2.06. The van der Waals surface area contributed by atoms with Crippen LogP contribution >= 0.6 is 0 Å². The second-order valence-corrected chi connectivity index (χ2v) is 5.29. The average Bonchev–Trinajstić information content (AvgIpc) is 3.04. The van der Waals surface area contributed by atoms with Crippen molar-refractivity contribution in [2.75, 3.05) is 6.54 Å². The number of amides is 1. The van der Waals surface area contributed by atoms with Crippen molar-refractivity contribution in [3.05, 3.63) is 54.4 Å². The monoisotopic (exact) mass is 293 g/mol. The van der Waals surface area contributed by atoms with Gasteiger partial charge in [-0.15, -0.1) is 0 Å². The molecule has 0 atom stereocenters. The number of benzene rings is 1. The van der Waals surface area contributed by atoms with E-state index < -0.39 is 0 Å². The summed E-state index contributed by atoms with van der Waals surface area (Å²) in [5, 5.41) is 4.01. The second-order valence-electron chi connectivity index (χ2n) is 5.29. The highest BCUT2D eigenvalue weighted by Gasteiger charge is 2.08. The van der Waals surface area contributed by atoms with Gasteiger partial charge in [0.05, 0.1) is 5.69 Å². The van der Waals surface area contributed by atoms with Crippen molar-refractivity contribution in [2.45, 2.75) is 19.8 Å². The lowest BCUT2D eigenvalue weighted by Crippen LogP contribution is -2.24. The molecule has 1 amide bonds. The molecule has 2 N–H and O–H groups in total. The normalized spacial score (nSPS) is 10.8. The molecule has 0 saturated carbocycles. The van der Waals surface area contributed by atoms with Gasteiger partial charge in [0.2, 0.25) is 0 Å². The third-order valence-electron chi connectivity index (χ3n) is 3.72. The van der Waals surface area contributed by atoms with Crippen LogP contribution in [0.4, 0.5) is 0 Å². The Bertz CT molecular complexity index is 774. The topological polar surface area (TPSA) is 57.8 Å². The molecule has 0 bridgehead atoms. The highest BCUT2D eigenvalue weighted by atomic mass is 16.1. The number of H-pyrrole nitrogens is 1. The van der Waals surface area contributed by atoms with Gasteiger partial charge in [-0.05, 0) is 30.7 Å². The summed E-state index contributed by atoms with van der Waals surface area (Å²) in [7, 11) is 0. The van der Waals surface area contributed by atoms with Gasteiger partial charge in [-0.3, -0.25) is 9.78 Å². The summed E-state index contributed by atoms with van der Waals surface area (Å²) in [6.07, 6.45) is 5.78. The van der Waals surface area contributed by atoms with Crippen LogP contribution in [0.5, 0.6) is 0 Å². The van der Waals surface area contributed by atoms with Crippen LogP contribution in [0.2, 0.25) is 0 Å². The zero-order chi connectivity index (χ0) is 15.4. The van der Waals surface area contributed by atoms with E-state index in [1.165, 1.54) is 0 Å². The Labute approximate surface area is 129 Å². The lowest BCUT2D eigenvalue weighted by atomic mass is 10.1. The van der Waals surface area contributed by atoms with Crippen molar-refractivity contribution in [3.63, 3.8) is 0 Å². The van der Waals surface area contributed by atoms with Crippen molar-refractivity contribution in [1.29, 1.82) is 0 Å². The van der Waals surface area contributed by atoms with Crippen LogP contribution in [0.25, 0.3) is 22.2 Å². The maximum atomic E-state index is 12.0. The molecule has 0 aliphatic carbocycles. The first-order chi connectivity index (χ1) is 10.8. The zero-order valence-electron chi connectivity index (χ0n) is 12.6. The van der Waals surface area contributed by atoms with E-state index in [0.29, 0.717) is 5.56 Å². The fourth-order valence-corrected chi connectivity index (χ4v) is 2.47. The fourth-order valence-electron chi connectivity index (χ4n) is 2.47. The third kappa shape index (κ3) is 2.86. The van der Waals surface area contributed by atoms with E-state index in [-0.39, 0.29) is 5.91 Å². The van der Waals surface area contributed by atoms with Crippen molar-refractivity contribution >= 4 is 16.8 Å². The highest BCUT2D eigenvalue weighted by Crippen LogP contribution is 2.25. The van der Waals surface area contributed by atoms with E-state index in [2.05, 4.69) is 22.2 Å². The number of aromatic amines is 1. The molecule has 0 radical (unpaired) electrons. The number of unbranched alkanes of at least 4 members (excludes halogenated alkanes) is 1. The summed E-state index contributed by atoms with van der Waals surface area (Å²) in [5.41, 5.74) is 3.68. The Kier molecular flexibility index (Phi) is 4.19. The van der Waals surface area contributed by atoms with Crippen LogP contribution in [0, 0.1) is 0 Å². The van der Waals surface area contributed by atoms with Crippen LogP contribution in [0.3, 0.4) is 0 Å². The summed E-state index contributed by atoms with van der Waals surface area (Å²) >= 11 is 0. The van der Waals surface area contributed by atoms with Crippen LogP contribution in [0.15, 0.2) is 48.8 Å². The number of carbonyl (C=O) groups is 1. The minimum absolute atomic E-state index is 0.0205. The molecular weight excluding hydrogens is 274 g/mol. The first-order valence-electron chi connectivity index (χ1n) is 7.60. The quantitative estimate of drug-likeness (QED) is 0.704. The van der Waals surface area contributed by atoms with Gasteiger partial charge >= 0.3 is 0 Å². The molecule has 0 unspecified atom stereocenters. The number of fused-ring (bicyclic) bond motifs is 1. The molecule has 3 rings (SSSR count). The maximum absolute atomic E-state index is 12.0. The maximum Gasteiger partial charge on any atom is 0.251 e. The second kappa shape index (κ2) is 6.43. The predicted molar refractivity (Wildman–Crippen MR) is 88.8 cm³/mol. The zero-order valence-corrected chi connectivity index (χ0v) is 12.6. The molecule has 4 nitrogen and oxygen atoms in total. The van der Waals surface area contributed by atoms with Crippen LogP contribution in [0.1, 0.15) is 30.1 Å². The van der Waals surface area contributed by atoms with E-state index in [0.717, 1.165) is 41.5 Å². The number of nitrogens with zero attached hydrogens (tertiary/aromatic N) is 1. The summed E-state index contributed by atoms with van der Waals surface area (Å²) in [4.78, 5) is 19.7. The molecule has 1 aromatic carbocycles. The van der Waals surface area contributed by atoms with E-state index in [9.17, 15) is 4.79 Å². The van der Waals surface area contributed by atoms with Crippen molar-refractivity contribution < 1.29 is 4.79 Å². The number of rotatable bonds is 5. The SMILES string of the molecule is CCCCNC(=O)c1ccc(-c2nccc3[nH]ccc23)cc1. The summed E-state index contributed by atoms with van der Waals surface area (Å²) in [6.45, 7) is 2.83. The Hall–Kier alpha value is -2.62. The summed E-state index contributed by atoms with van der Waals surface area (Å²) in [6, 6.07) is 11.6. The molecule has 0 saturated heterocycles. The first kappa shape index (κ1) is 14.3. The Morgan fingerprint density at radius 1 is 1.18 bits per heavy atom. The van der Waals surface area contributed by atoms with Crippen LogP contribution in [-0.4, -0.2) is 22.4 Å². The average molecular weight is 293 g/mol. The molecule has 3 aromatic rings. The van der Waals surface area contributed by atoms with Gasteiger partial charge < -0.3 is 10.3 Å². The van der Waals surface area contributed by atoms with Crippen molar-refractivity contribution in [3.8, 4) is 11.3 Å². The standard InChI is InChI=1S/C18H19N3O/c1-2-3-10-21-18(22)14-6-4-13(5-7-14)17-15-8-11-19-16(15)9-12-20-17/h4-9,11-12,19H,2-3,10H2,1H3,(H,21,22). The molecule has 4 heteroatoms. The van der Waals surface area contributed by atoms with Gasteiger partial charge in [0.1, 0.15) is 0 Å². The summed E-state index contributed by atoms with van der Waals surface area (Å²) in [5.74, 6) is -0.0205. The summed E-state index contributed by atoms with van der Waals surface area (Å²) < 4.78 is 0. The predicted octanol–water partition coefficient (Wildman–Crippen LogP) is 3.76.